The van der Waals surface area contributed by atoms with Crippen LogP contribution in [0.2, 0.25) is 0 Å². The van der Waals surface area contributed by atoms with E-state index in [1.165, 1.54) is 6.92 Å². The summed E-state index contributed by atoms with van der Waals surface area (Å²) in [4.78, 5) is 307. The van der Waals surface area contributed by atoms with Crippen LogP contribution >= 0.6 is 0 Å². The van der Waals surface area contributed by atoms with Crippen LogP contribution in [-0.2, 0) is 112 Å². The highest BCUT2D eigenvalue weighted by atomic mass is 16.2. The van der Waals surface area contributed by atoms with Crippen molar-refractivity contribution in [1.29, 1.82) is 5.41 Å². The zero-order valence-corrected chi connectivity index (χ0v) is 75.1. The summed E-state index contributed by atoms with van der Waals surface area (Å²) in [6, 6.07) is -5.08. The Balaban J connectivity index is 2.63. The first kappa shape index (κ1) is 113. The van der Waals surface area contributed by atoms with E-state index < -0.39 is 230 Å². The number of allylic oxidation sites excluding steroid dienone is 2. The summed E-state index contributed by atoms with van der Waals surface area (Å²) >= 11 is 0. The van der Waals surface area contributed by atoms with E-state index in [4.69, 9.17) is 34.1 Å². The van der Waals surface area contributed by atoms with E-state index >= 15 is 33.6 Å². The van der Waals surface area contributed by atoms with Gasteiger partial charge in [-0.3, -0.25) is 115 Å². The van der Waals surface area contributed by atoms with Crippen LogP contribution in [0.25, 0.3) is 10.9 Å². The van der Waals surface area contributed by atoms with Crippen molar-refractivity contribution in [3.05, 3.63) is 48.2 Å². The number of aromatic amines is 1. The van der Waals surface area contributed by atoms with Crippen LogP contribution < -0.4 is 130 Å². The van der Waals surface area contributed by atoms with Crippen molar-refractivity contribution in [3.8, 4) is 0 Å². The summed E-state index contributed by atoms with van der Waals surface area (Å²) in [7, 11) is 0. The number of hydrogen-bond donors (Lipinski definition) is 26. The molecule has 1 aliphatic heterocycles. The first-order chi connectivity index (χ1) is 61.9. The van der Waals surface area contributed by atoms with Gasteiger partial charge in [-0.05, 0) is 127 Å². The van der Waals surface area contributed by atoms with Gasteiger partial charge in [-0.1, -0.05) is 91.2 Å². The lowest BCUT2D eigenvalue weighted by Crippen LogP contribution is -2.71. The minimum Gasteiger partial charge on any atom is -0.370 e. The third-order valence-electron chi connectivity index (χ3n) is 20.5. The maximum Gasteiger partial charge on any atom is 0.259 e. The number of para-hydroxylation sites is 1. The van der Waals surface area contributed by atoms with Crippen molar-refractivity contribution < 1.29 is 105 Å². The Morgan fingerprint density at radius 3 is 1.36 bits per heavy atom. The molecule has 0 radical (unpaired) electrons. The first-order valence-corrected chi connectivity index (χ1v) is 43.1. The number of aldehydes is 8. The number of primary amides is 4. The molecule has 18 unspecified atom stereocenters. The van der Waals surface area contributed by atoms with Crippen molar-refractivity contribution >= 4 is 150 Å². The zero-order chi connectivity index (χ0) is 98.3. The number of aromatic nitrogens is 1. The van der Waals surface area contributed by atoms with Crippen LogP contribution in [0.1, 0.15) is 183 Å². The average Bonchev–Trinajstić information content (AvgIpc) is 1.72. The number of guanidine groups is 1. The number of nitrogens with one attached hydrogen (secondary N) is 21. The molecule has 131 heavy (non-hydrogen) atoms. The summed E-state index contributed by atoms with van der Waals surface area (Å²) in [5, 5.41) is 56.1. The molecule has 0 fully saturated rings. The van der Waals surface area contributed by atoms with Gasteiger partial charge in [0.05, 0.1) is 48.3 Å². The lowest BCUT2D eigenvalue weighted by molar-refractivity contribution is -0.140. The Kier molecular flexibility index (Phi) is 50.0. The Labute approximate surface area is 757 Å². The SMILES string of the molecule is CC(=O)NC1(C)CCCCCCC=CCCCC(C)(C(=O)NC(NC(C=O)CCC(N)=O)C(=O)NC(NC(C=O)CC(N)=O)C(N)=O)NC(=O)C(NC(C=O)CC(C)C)NC(=O)C(NC(C=O)CC(C)C)NC(=O)C(NC(C=O)CCCNC(=N)N)NC(=O)C(NC(C=O)Cc2c[nH]c3ccccc23)NC(=O)C(NC(C=O)CC(C)C)NC(=O)C(NC(C=O)CC(N)=O)NC1=O. The second-order valence-corrected chi connectivity index (χ2v) is 33.6. The maximum atomic E-state index is 15.7. The van der Waals surface area contributed by atoms with Crippen molar-refractivity contribution in [2.75, 3.05) is 6.54 Å². The zero-order valence-electron chi connectivity index (χ0n) is 75.1. The summed E-state index contributed by atoms with van der Waals surface area (Å²) < 4.78 is 0. The number of rotatable bonds is 49. The van der Waals surface area contributed by atoms with E-state index in [-0.39, 0.29) is 107 Å². The molecule has 2 heterocycles. The number of benzene rings is 1. The molecule has 3 rings (SSSR count). The van der Waals surface area contributed by atoms with Gasteiger partial charge in [-0.15, -0.1) is 0 Å². The van der Waals surface area contributed by atoms with E-state index in [1.54, 1.807) is 84.2 Å². The molecule has 48 heteroatoms. The second-order valence-electron chi connectivity index (χ2n) is 33.6. The number of H-pyrrole nitrogens is 1. The fourth-order valence-electron chi connectivity index (χ4n) is 13.9. The Morgan fingerprint density at radius 2 is 0.908 bits per heavy atom. The predicted octanol–water partition coefficient (Wildman–Crippen LogP) is -7.74. The Bertz CT molecular complexity index is 4280. The van der Waals surface area contributed by atoms with Gasteiger partial charge in [0.25, 0.3) is 47.3 Å². The van der Waals surface area contributed by atoms with Crippen LogP contribution in [0, 0.1) is 23.2 Å². The number of carbonyl (C=O) groups excluding carboxylic acids is 22. The topological polar surface area (TPSA) is 774 Å². The minimum atomic E-state index is -2.35. The van der Waals surface area contributed by atoms with Gasteiger partial charge in [0, 0.05) is 49.8 Å². The van der Waals surface area contributed by atoms with Crippen molar-refractivity contribution in [2.24, 2.45) is 46.4 Å². The number of fused-ring (bicyclic) bond motifs is 1. The minimum absolute atomic E-state index is 0.0111. The fraction of sp³-hybridized carbons (Fsp3) is 0.602. The Hall–Kier alpha value is -12.6. The summed E-state index contributed by atoms with van der Waals surface area (Å²) in [6.45, 7) is 13.7. The largest absolute Gasteiger partial charge is 0.370 e. The van der Waals surface area contributed by atoms with Crippen molar-refractivity contribution in [2.45, 2.75) is 293 Å². The predicted molar refractivity (Wildman–Crippen MR) is 474 cm³/mol. The average molecular weight is 1850 g/mol. The highest BCUT2D eigenvalue weighted by molar-refractivity contribution is 6.01. The van der Waals surface area contributed by atoms with Crippen LogP contribution in [0.4, 0.5) is 0 Å². The smallest absolute Gasteiger partial charge is 0.259 e. The first-order valence-electron chi connectivity index (χ1n) is 43.1. The molecule has 1 aliphatic rings. The highest BCUT2D eigenvalue weighted by Gasteiger charge is 2.44. The van der Waals surface area contributed by atoms with E-state index in [0.717, 1.165) is 13.8 Å². The lowest BCUT2D eigenvalue weighted by Gasteiger charge is -2.35. The third-order valence-corrected chi connectivity index (χ3v) is 20.5. The monoisotopic (exact) mass is 1850 g/mol. The maximum absolute atomic E-state index is 15.7. The van der Waals surface area contributed by atoms with Crippen LogP contribution in [0.15, 0.2) is 42.6 Å². The molecule has 0 saturated carbocycles. The Morgan fingerprint density at radius 1 is 0.481 bits per heavy atom. The summed E-state index contributed by atoms with van der Waals surface area (Å²) in [6.07, 6.45) is -12.0. The molecule has 31 N–H and O–H groups in total. The highest BCUT2D eigenvalue weighted by Crippen LogP contribution is 2.22. The quantitative estimate of drug-likeness (QED) is 0.00731. The second kappa shape index (κ2) is 58.1. The van der Waals surface area contributed by atoms with Crippen LogP contribution in [-0.4, -0.2) is 259 Å². The fourth-order valence-corrected chi connectivity index (χ4v) is 13.9. The van der Waals surface area contributed by atoms with Crippen molar-refractivity contribution in [3.63, 3.8) is 0 Å². The number of amides is 14. The summed E-state index contributed by atoms with van der Waals surface area (Å²) in [5.41, 5.74) is 24.2. The van der Waals surface area contributed by atoms with Crippen molar-refractivity contribution in [1.82, 2.24) is 106 Å². The molecule has 18 atom stereocenters. The molecule has 2 aromatic rings. The molecule has 0 aliphatic carbocycles. The number of hydrogen-bond acceptors (Lipinski definition) is 31. The van der Waals surface area contributed by atoms with Gasteiger partial charge in [0.2, 0.25) is 35.4 Å². The lowest BCUT2D eigenvalue weighted by atomic mass is 9.92. The molecule has 1 aromatic heterocycles. The van der Waals surface area contributed by atoms with Gasteiger partial charge in [0.15, 0.2) is 55.3 Å². The third kappa shape index (κ3) is 41.8. The van der Waals surface area contributed by atoms with Gasteiger partial charge in [-0.25, -0.2) is 0 Å². The van der Waals surface area contributed by atoms with E-state index in [2.05, 4.69) is 106 Å². The molecule has 0 bridgehead atoms. The molecular formula is C83H132N26O22. The molecular weight excluding hydrogens is 1710 g/mol. The number of nitrogens with two attached hydrogens (primary N) is 5. The van der Waals surface area contributed by atoms with Crippen LogP contribution in [0.3, 0.4) is 0 Å². The molecule has 0 spiro atoms. The normalized spacial score (nSPS) is 22.3. The standard InChI is InChI=1S/C83H132N26O22/c1-45(2)30-52(39-112)95-66-73(124)103-68(98-55(42-115)33-49-36-91-59-24-18-17-23-58(49)59)74(125)101-65(92-50(37-110)22-21-29-90-81(88)89)72(123)102-67(96-53(40-113)31-46(3)4)75(126)105-71(97-54(41-114)32-47(5)6)78(129)109-83(9,80(131)106-69(93-51(38-111)25-26-60(84)119)76(127)100-64(63(87)122)94-56(43-116)34-61(85)120)28-20-16-14-12-10-11-13-15-19-27-82(8,108-48(7)118)79(130)107-70(77(128)104-66)99-57(44-117)35-62(86)121/h12,14,17-18,23-24,36-47,50-57,64-71,91-99H,10-11,13,15-16,19-22,25-35H2,1-9H3,(H2,84,119)(H2,85,120)(H2,86,121)(H2,87,122)(H,100,127)(H,101,125)(H,102,123)(H,103,124)(H,104,128)(H,105,126)(H,106,131)(H,107,130)(H,108,118)(H,109,129)(H4,88,89,90). The van der Waals surface area contributed by atoms with Gasteiger partial charge in [0.1, 0.15) is 61.4 Å². The van der Waals surface area contributed by atoms with Gasteiger partial charge in [-0.2, -0.15) is 0 Å². The summed E-state index contributed by atoms with van der Waals surface area (Å²) in [5.74, 6) is -19.0. The van der Waals surface area contributed by atoms with E-state index in [1.807, 2.05) is 0 Å². The van der Waals surface area contributed by atoms with E-state index in [9.17, 15) is 71.9 Å². The molecule has 726 valence electrons. The molecule has 48 nitrogen and oxygen atoms in total. The van der Waals surface area contributed by atoms with Crippen LogP contribution in [0.5, 0.6) is 0 Å². The molecule has 1 aromatic carbocycles. The molecule has 0 saturated heterocycles. The van der Waals surface area contributed by atoms with Gasteiger partial charge >= 0.3 is 0 Å². The molecule has 14 amide bonds. The number of carbonyl (C=O) groups is 22. The van der Waals surface area contributed by atoms with E-state index in [0.29, 0.717) is 73.6 Å². The van der Waals surface area contributed by atoms with Gasteiger partial charge < -0.3 is 130 Å².